The number of aliphatic hydroxyl groups excluding tert-OH is 2. The summed E-state index contributed by atoms with van der Waals surface area (Å²) in [5.74, 6) is 0.218. The molecule has 0 aliphatic heterocycles. The van der Waals surface area contributed by atoms with Crippen LogP contribution in [-0.4, -0.2) is 33.1 Å². The molecule has 3 heteroatoms. The summed E-state index contributed by atoms with van der Waals surface area (Å²) in [7, 11) is 0. The molecule has 0 aromatic carbocycles. The third-order valence-corrected chi connectivity index (χ3v) is 4.48. The summed E-state index contributed by atoms with van der Waals surface area (Å²) in [6, 6.07) is 0. The van der Waals surface area contributed by atoms with Gasteiger partial charge in [0.25, 0.3) is 0 Å². The fourth-order valence-corrected chi connectivity index (χ4v) is 2.84. The summed E-state index contributed by atoms with van der Waals surface area (Å²) in [6.07, 6.45) is 8.56. The average Bonchev–Trinajstić information content (AvgIpc) is 2.40. The summed E-state index contributed by atoms with van der Waals surface area (Å²) in [4.78, 5) is 0. The van der Waals surface area contributed by atoms with E-state index in [-0.39, 0.29) is 12.3 Å². The molecule has 4 unspecified atom stereocenters. The monoisotopic (exact) mass is 320 g/mol. The van der Waals surface area contributed by atoms with Crippen molar-refractivity contribution < 1.29 is 15.3 Å². The summed E-state index contributed by atoms with van der Waals surface area (Å²) >= 11 is 0. The third-order valence-electron chi connectivity index (χ3n) is 4.48. The van der Waals surface area contributed by atoms with Gasteiger partial charge in [-0.25, -0.2) is 0 Å². The minimum Gasteiger partial charge on any atom is -0.389 e. The number of hydrogen-bond acceptors (Lipinski definition) is 3. The Balaban J connectivity index is 3.07. The van der Waals surface area contributed by atoms with Crippen molar-refractivity contribution in [2.45, 2.75) is 71.2 Å². The first kappa shape index (κ1) is 19.9. The van der Waals surface area contributed by atoms with Crippen LogP contribution in [-0.2, 0) is 0 Å². The van der Waals surface area contributed by atoms with Crippen molar-refractivity contribution in [3.63, 3.8) is 0 Å². The van der Waals surface area contributed by atoms with Gasteiger partial charge in [0.1, 0.15) is 0 Å². The highest BCUT2D eigenvalue weighted by Gasteiger charge is 2.22. The van der Waals surface area contributed by atoms with E-state index >= 15 is 0 Å². The molecule has 23 heavy (non-hydrogen) atoms. The molecule has 130 valence electrons. The summed E-state index contributed by atoms with van der Waals surface area (Å²) < 4.78 is 0. The van der Waals surface area contributed by atoms with Crippen molar-refractivity contribution in [2.75, 3.05) is 0 Å². The summed E-state index contributed by atoms with van der Waals surface area (Å²) in [5, 5.41) is 30.9. The molecule has 1 aliphatic carbocycles. The number of aliphatic hydroxyl groups is 3. The van der Waals surface area contributed by atoms with E-state index in [1.165, 1.54) is 5.57 Å². The van der Waals surface area contributed by atoms with Crippen LogP contribution in [0.4, 0.5) is 0 Å². The molecule has 0 heterocycles. The predicted octanol–water partition coefficient (Wildman–Crippen LogP) is 3.67. The first-order chi connectivity index (χ1) is 10.6. The third kappa shape index (κ3) is 7.30. The SMILES string of the molecule is C=C(C)C1CC=C(C)CC=CC(C)(O)CC(O)C=C(C)C(O)C1. The topological polar surface area (TPSA) is 60.7 Å². The highest BCUT2D eigenvalue weighted by Crippen LogP contribution is 2.25. The summed E-state index contributed by atoms with van der Waals surface area (Å²) in [5.41, 5.74) is 1.96. The maximum absolute atomic E-state index is 10.4. The minimum atomic E-state index is -1.06. The Kier molecular flexibility index (Phi) is 7.46. The van der Waals surface area contributed by atoms with Gasteiger partial charge in [-0.1, -0.05) is 42.0 Å². The molecule has 1 rings (SSSR count). The molecular formula is C20H32O3. The second-order valence-electron chi connectivity index (χ2n) is 7.23. The number of hydrogen-bond donors (Lipinski definition) is 3. The largest absolute Gasteiger partial charge is 0.389 e. The van der Waals surface area contributed by atoms with E-state index in [0.29, 0.717) is 6.42 Å². The Morgan fingerprint density at radius 3 is 2.57 bits per heavy atom. The first-order valence-corrected chi connectivity index (χ1v) is 8.36. The number of rotatable bonds is 1. The van der Waals surface area contributed by atoms with Crippen molar-refractivity contribution >= 4 is 0 Å². The second kappa shape index (κ2) is 8.62. The minimum absolute atomic E-state index is 0.209. The quantitative estimate of drug-likeness (QED) is 0.646. The highest BCUT2D eigenvalue weighted by molar-refractivity contribution is 5.15. The molecule has 0 aromatic heterocycles. The Morgan fingerprint density at radius 2 is 1.96 bits per heavy atom. The molecule has 0 bridgehead atoms. The van der Waals surface area contributed by atoms with E-state index in [1.807, 2.05) is 19.9 Å². The van der Waals surface area contributed by atoms with Gasteiger partial charge in [-0.2, -0.15) is 0 Å². The molecule has 0 saturated heterocycles. The zero-order valence-electron chi connectivity index (χ0n) is 14.9. The van der Waals surface area contributed by atoms with Crippen LogP contribution in [0.5, 0.6) is 0 Å². The fraction of sp³-hybridized carbons (Fsp3) is 0.600. The Bertz CT molecular complexity index is 497. The Hall–Kier alpha value is -1.16. The van der Waals surface area contributed by atoms with Gasteiger partial charge in [0.15, 0.2) is 0 Å². The summed E-state index contributed by atoms with van der Waals surface area (Å²) in [6.45, 7) is 11.6. The van der Waals surface area contributed by atoms with Crippen LogP contribution in [0.25, 0.3) is 0 Å². The molecule has 0 saturated carbocycles. The maximum Gasteiger partial charge on any atom is 0.0827 e. The van der Waals surface area contributed by atoms with Crippen LogP contribution >= 0.6 is 0 Å². The normalized spacial score (nSPS) is 34.3. The van der Waals surface area contributed by atoms with E-state index < -0.39 is 17.8 Å². The van der Waals surface area contributed by atoms with Crippen LogP contribution in [0.15, 0.2) is 47.6 Å². The average molecular weight is 320 g/mol. The van der Waals surface area contributed by atoms with E-state index in [1.54, 1.807) is 19.1 Å². The van der Waals surface area contributed by atoms with Gasteiger partial charge < -0.3 is 15.3 Å². The van der Waals surface area contributed by atoms with Gasteiger partial charge in [-0.3, -0.25) is 0 Å². The fourth-order valence-electron chi connectivity index (χ4n) is 2.84. The smallest absolute Gasteiger partial charge is 0.0827 e. The zero-order chi connectivity index (χ0) is 17.6. The van der Waals surface area contributed by atoms with Crippen LogP contribution in [0.3, 0.4) is 0 Å². The van der Waals surface area contributed by atoms with Crippen molar-refractivity contribution in [2.24, 2.45) is 5.92 Å². The molecule has 0 spiro atoms. The zero-order valence-corrected chi connectivity index (χ0v) is 14.9. The van der Waals surface area contributed by atoms with Gasteiger partial charge in [0.2, 0.25) is 0 Å². The van der Waals surface area contributed by atoms with E-state index in [2.05, 4.69) is 19.6 Å². The lowest BCUT2D eigenvalue weighted by atomic mass is 9.87. The molecular weight excluding hydrogens is 288 g/mol. The van der Waals surface area contributed by atoms with Gasteiger partial charge in [-0.15, -0.1) is 0 Å². The van der Waals surface area contributed by atoms with E-state index in [9.17, 15) is 15.3 Å². The van der Waals surface area contributed by atoms with Crippen LogP contribution in [0, 0.1) is 5.92 Å². The molecule has 4 atom stereocenters. The van der Waals surface area contributed by atoms with Crippen LogP contribution in [0.2, 0.25) is 0 Å². The molecule has 1 aliphatic rings. The molecule has 0 fully saturated rings. The molecule has 3 nitrogen and oxygen atoms in total. The van der Waals surface area contributed by atoms with Crippen molar-refractivity contribution in [3.8, 4) is 0 Å². The van der Waals surface area contributed by atoms with Crippen molar-refractivity contribution in [1.29, 1.82) is 0 Å². The number of allylic oxidation sites excluding steroid dienone is 4. The van der Waals surface area contributed by atoms with Crippen LogP contribution < -0.4 is 0 Å². The van der Waals surface area contributed by atoms with E-state index in [4.69, 9.17) is 0 Å². The van der Waals surface area contributed by atoms with Gasteiger partial charge in [0, 0.05) is 6.42 Å². The molecule has 0 radical (unpaired) electrons. The van der Waals surface area contributed by atoms with Gasteiger partial charge in [-0.05, 0) is 58.4 Å². The maximum atomic E-state index is 10.4. The van der Waals surface area contributed by atoms with Crippen LogP contribution in [0.1, 0.15) is 53.4 Å². The predicted molar refractivity (Wildman–Crippen MR) is 96.1 cm³/mol. The molecule has 0 aromatic rings. The van der Waals surface area contributed by atoms with Gasteiger partial charge in [0.05, 0.1) is 17.8 Å². The Labute approximate surface area is 140 Å². The highest BCUT2D eigenvalue weighted by atomic mass is 16.3. The lowest BCUT2D eigenvalue weighted by Gasteiger charge is -2.24. The van der Waals surface area contributed by atoms with Crippen molar-refractivity contribution in [3.05, 3.63) is 47.6 Å². The first-order valence-electron chi connectivity index (χ1n) is 8.36. The molecule has 3 N–H and O–H groups in total. The molecule has 0 amide bonds. The second-order valence-corrected chi connectivity index (χ2v) is 7.23. The standard InChI is InChI=1S/C20H32O3/c1-14(2)17-9-8-15(3)7-6-10-20(5,23)13-18(21)11-16(4)19(22)12-17/h6,8,10-11,17-19,21-23H,1,7,9,12-13H2,2-5H3. The Morgan fingerprint density at radius 1 is 1.30 bits per heavy atom. The lowest BCUT2D eigenvalue weighted by Crippen LogP contribution is -2.27. The lowest BCUT2D eigenvalue weighted by molar-refractivity contribution is 0.0562. The van der Waals surface area contributed by atoms with Crippen molar-refractivity contribution in [1.82, 2.24) is 0 Å². The van der Waals surface area contributed by atoms with E-state index in [0.717, 1.165) is 24.0 Å². The van der Waals surface area contributed by atoms with Gasteiger partial charge >= 0.3 is 0 Å².